The standard InChI is InChI=1S/C15H17FN2O2/c1-8-5-11-14-10(3-4-17-9(2)19)7-18-13(14)6-12(16)15(11)20-8/h6-8,18H,3-5H2,1-2H3,(H,17,19). The van der Waals surface area contributed by atoms with Gasteiger partial charge in [-0.1, -0.05) is 0 Å². The zero-order valence-electron chi connectivity index (χ0n) is 11.5. The van der Waals surface area contributed by atoms with Crippen LogP contribution < -0.4 is 10.1 Å². The van der Waals surface area contributed by atoms with E-state index in [2.05, 4.69) is 10.3 Å². The summed E-state index contributed by atoms with van der Waals surface area (Å²) in [6.07, 6.45) is 3.32. The molecule has 1 aromatic carbocycles. The molecule has 2 N–H and O–H groups in total. The molecule has 106 valence electrons. The second kappa shape index (κ2) is 4.81. The van der Waals surface area contributed by atoms with Crippen molar-refractivity contribution in [3.63, 3.8) is 0 Å². The number of hydrogen-bond acceptors (Lipinski definition) is 2. The summed E-state index contributed by atoms with van der Waals surface area (Å²) in [7, 11) is 0. The lowest BCUT2D eigenvalue weighted by atomic mass is 10.0. The van der Waals surface area contributed by atoms with Crippen LogP contribution >= 0.6 is 0 Å². The molecule has 1 atom stereocenters. The Balaban J connectivity index is 1.99. The Labute approximate surface area is 116 Å². The summed E-state index contributed by atoms with van der Waals surface area (Å²) >= 11 is 0. The summed E-state index contributed by atoms with van der Waals surface area (Å²) in [5, 5.41) is 3.82. The summed E-state index contributed by atoms with van der Waals surface area (Å²) in [6.45, 7) is 4.01. The minimum Gasteiger partial charge on any atom is -0.487 e. The monoisotopic (exact) mass is 276 g/mol. The third-order valence-electron chi connectivity index (χ3n) is 3.64. The van der Waals surface area contributed by atoms with Crippen molar-refractivity contribution in [1.82, 2.24) is 10.3 Å². The van der Waals surface area contributed by atoms with E-state index in [4.69, 9.17) is 4.74 Å². The zero-order valence-corrected chi connectivity index (χ0v) is 11.5. The van der Waals surface area contributed by atoms with Gasteiger partial charge in [-0.15, -0.1) is 0 Å². The minimum atomic E-state index is -0.313. The number of aromatic nitrogens is 1. The summed E-state index contributed by atoms with van der Waals surface area (Å²) in [4.78, 5) is 14.0. The predicted molar refractivity (Wildman–Crippen MR) is 74.4 cm³/mol. The Morgan fingerprint density at radius 3 is 3.15 bits per heavy atom. The summed E-state index contributed by atoms with van der Waals surface area (Å²) in [5.41, 5.74) is 2.81. The summed E-state index contributed by atoms with van der Waals surface area (Å²) in [5.74, 6) is 0.0237. The molecule has 3 rings (SSSR count). The molecule has 0 saturated carbocycles. The van der Waals surface area contributed by atoms with Gasteiger partial charge in [-0.05, 0) is 18.9 Å². The maximum Gasteiger partial charge on any atom is 0.216 e. The third kappa shape index (κ3) is 2.13. The molecule has 0 spiro atoms. The van der Waals surface area contributed by atoms with Gasteiger partial charge < -0.3 is 15.0 Å². The molecule has 0 fully saturated rings. The van der Waals surface area contributed by atoms with Crippen molar-refractivity contribution in [3.05, 3.63) is 29.2 Å². The zero-order chi connectivity index (χ0) is 14.3. The maximum absolute atomic E-state index is 14.0. The Morgan fingerprint density at radius 2 is 2.40 bits per heavy atom. The minimum absolute atomic E-state index is 0.00296. The van der Waals surface area contributed by atoms with Crippen LogP contribution in [0.4, 0.5) is 4.39 Å². The molecule has 0 bridgehead atoms. The highest BCUT2D eigenvalue weighted by Gasteiger charge is 2.27. The van der Waals surface area contributed by atoms with Crippen LogP contribution in [0, 0.1) is 5.82 Å². The highest BCUT2D eigenvalue weighted by atomic mass is 19.1. The van der Waals surface area contributed by atoms with Gasteiger partial charge in [0.1, 0.15) is 6.10 Å². The van der Waals surface area contributed by atoms with Gasteiger partial charge in [0, 0.05) is 48.6 Å². The number of amides is 1. The highest BCUT2D eigenvalue weighted by molar-refractivity contribution is 5.89. The van der Waals surface area contributed by atoms with E-state index in [1.165, 1.54) is 13.0 Å². The lowest BCUT2D eigenvalue weighted by Crippen LogP contribution is -2.22. The molecule has 2 heterocycles. The molecular formula is C15H17FN2O2. The van der Waals surface area contributed by atoms with Crippen molar-refractivity contribution in [1.29, 1.82) is 0 Å². The van der Waals surface area contributed by atoms with Crippen LogP contribution in [0.25, 0.3) is 10.9 Å². The number of nitrogens with one attached hydrogen (secondary N) is 2. The molecule has 1 aliphatic heterocycles. The van der Waals surface area contributed by atoms with Crippen LogP contribution in [0.2, 0.25) is 0 Å². The van der Waals surface area contributed by atoms with Crippen molar-refractivity contribution in [2.45, 2.75) is 32.8 Å². The van der Waals surface area contributed by atoms with Crippen LogP contribution in [0.5, 0.6) is 5.75 Å². The van der Waals surface area contributed by atoms with E-state index >= 15 is 0 Å². The third-order valence-corrected chi connectivity index (χ3v) is 3.64. The average Bonchev–Trinajstić information content (AvgIpc) is 2.92. The largest absolute Gasteiger partial charge is 0.487 e. The molecule has 4 nitrogen and oxygen atoms in total. The number of hydrogen-bond donors (Lipinski definition) is 2. The summed E-state index contributed by atoms with van der Waals surface area (Å²) < 4.78 is 19.5. The maximum atomic E-state index is 14.0. The Bertz CT molecular complexity index is 678. The van der Waals surface area contributed by atoms with Gasteiger partial charge in [0.05, 0.1) is 0 Å². The van der Waals surface area contributed by atoms with E-state index < -0.39 is 0 Å². The van der Waals surface area contributed by atoms with Gasteiger partial charge in [-0.25, -0.2) is 4.39 Å². The molecule has 1 unspecified atom stereocenters. The molecular weight excluding hydrogens is 259 g/mol. The molecule has 5 heteroatoms. The second-order valence-corrected chi connectivity index (χ2v) is 5.27. The molecule has 0 aliphatic carbocycles. The van der Waals surface area contributed by atoms with E-state index in [1.807, 2.05) is 13.1 Å². The number of H-pyrrole nitrogens is 1. The van der Waals surface area contributed by atoms with Gasteiger partial charge in [0.15, 0.2) is 11.6 Å². The van der Waals surface area contributed by atoms with E-state index in [9.17, 15) is 9.18 Å². The van der Waals surface area contributed by atoms with Gasteiger partial charge in [-0.3, -0.25) is 4.79 Å². The van der Waals surface area contributed by atoms with Crippen molar-refractivity contribution < 1.29 is 13.9 Å². The highest BCUT2D eigenvalue weighted by Crippen LogP contribution is 2.38. The molecule has 1 aliphatic rings. The lowest BCUT2D eigenvalue weighted by molar-refractivity contribution is -0.118. The number of carbonyl (C=O) groups is 1. The van der Waals surface area contributed by atoms with Crippen LogP contribution in [0.15, 0.2) is 12.3 Å². The van der Waals surface area contributed by atoms with Crippen LogP contribution in [-0.2, 0) is 17.6 Å². The first-order valence-corrected chi connectivity index (χ1v) is 6.78. The fourth-order valence-electron chi connectivity index (χ4n) is 2.83. The molecule has 1 aromatic heterocycles. The van der Waals surface area contributed by atoms with E-state index in [1.54, 1.807) is 0 Å². The van der Waals surface area contributed by atoms with Gasteiger partial charge >= 0.3 is 0 Å². The molecule has 20 heavy (non-hydrogen) atoms. The SMILES string of the molecule is CC(=O)NCCc1c[nH]c2cc(F)c3c(c12)CC(C)O3. The number of halogens is 1. The summed E-state index contributed by atoms with van der Waals surface area (Å²) in [6, 6.07) is 1.48. The van der Waals surface area contributed by atoms with Gasteiger partial charge in [0.25, 0.3) is 0 Å². The van der Waals surface area contributed by atoms with Crippen molar-refractivity contribution in [2.24, 2.45) is 0 Å². The number of fused-ring (bicyclic) bond motifs is 3. The predicted octanol–water partition coefficient (Wildman–Crippen LogP) is 2.31. The Morgan fingerprint density at radius 1 is 1.60 bits per heavy atom. The van der Waals surface area contributed by atoms with Gasteiger partial charge in [-0.2, -0.15) is 0 Å². The topological polar surface area (TPSA) is 54.1 Å². The lowest BCUT2D eigenvalue weighted by Gasteiger charge is -2.06. The van der Waals surface area contributed by atoms with Crippen molar-refractivity contribution in [3.8, 4) is 5.75 Å². The number of benzene rings is 1. The Kier molecular flexibility index (Phi) is 3.12. The van der Waals surface area contributed by atoms with Crippen LogP contribution in [-0.4, -0.2) is 23.5 Å². The first-order chi connectivity index (χ1) is 9.56. The molecule has 1 amide bonds. The van der Waals surface area contributed by atoms with E-state index in [0.717, 1.165) is 22.0 Å². The van der Waals surface area contributed by atoms with Crippen LogP contribution in [0.1, 0.15) is 25.0 Å². The van der Waals surface area contributed by atoms with E-state index in [0.29, 0.717) is 25.1 Å². The Hall–Kier alpha value is -2.04. The first-order valence-electron chi connectivity index (χ1n) is 6.78. The van der Waals surface area contributed by atoms with Gasteiger partial charge in [0.2, 0.25) is 5.91 Å². The number of aromatic amines is 1. The molecule has 0 radical (unpaired) electrons. The average molecular weight is 276 g/mol. The first kappa shape index (κ1) is 13.0. The second-order valence-electron chi connectivity index (χ2n) is 5.27. The quantitative estimate of drug-likeness (QED) is 0.904. The number of ether oxygens (including phenoxy) is 1. The van der Waals surface area contributed by atoms with E-state index in [-0.39, 0.29) is 17.8 Å². The molecule has 0 saturated heterocycles. The van der Waals surface area contributed by atoms with Crippen LogP contribution in [0.3, 0.4) is 0 Å². The smallest absolute Gasteiger partial charge is 0.216 e. The fourth-order valence-corrected chi connectivity index (χ4v) is 2.83. The fraction of sp³-hybridized carbons (Fsp3) is 0.400. The number of rotatable bonds is 3. The van der Waals surface area contributed by atoms with Crippen molar-refractivity contribution >= 4 is 16.8 Å². The molecule has 2 aromatic rings. The van der Waals surface area contributed by atoms with Crippen molar-refractivity contribution in [2.75, 3.05) is 6.54 Å². The normalized spacial score (nSPS) is 17.1. The number of carbonyl (C=O) groups excluding carboxylic acids is 1.